The highest BCUT2D eigenvalue weighted by Gasteiger charge is 2.42. The fourth-order valence-electron chi connectivity index (χ4n) is 2.95. The maximum atomic E-state index is 11.7. The molecule has 2 aliphatic carbocycles. The first-order valence-electron chi connectivity index (χ1n) is 6.36. The number of aliphatic hydroxyl groups is 2. The third-order valence-corrected chi connectivity index (χ3v) is 3.81. The Bertz CT molecular complexity index is 323. The smallest absolute Gasteiger partial charge is 0.311 e. The number of hydrogen-bond acceptors (Lipinski definition) is 4. The number of aliphatic hydroxyl groups excluding tert-OH is 2. The third-order valence-electron chi connectivity index (χ3n) is 3.81. The molecule has 0 amide bonds. The van der Waals surface area contributed by atoms with Gasteiger partial charge in [-0.1, -0.05) is 11.6 Å². The molecule has 1 saturated carbocycles. The van der Waals surface area contributed by atoms with Crippen molar-refractivity contribution in [2.24, 2.45) is 11.8 Å². The summed E-state index contributed by atoms with van der Waals surface area (Å²) < 4.78 is 4.96. The number of fused-ring (bicyclic) bond motifs is 1. The first kappa shape index (κ1) is 12.6. The molecule has 0 aromatic rings. The van der Waals surface area contributed by atoms with Gasteiger partial charge >= 0.3 is 5.97 Å². The van der Waals surface area contributed by atoms with E-state index in [0.29, 0.717) is 19.4 Å². The molecule has 0 aromatic heterocycles. The molecule has 0 aromatic carbocycles. The van der Waals surface area contributed by atoms with Crippen LogP contribution < -0.4 is 0 Å². The van der Waals surface area contributed by atoms with E-state index in [9.17, 15) is 15.0 Å². The first-order chi connectivity index (χ1) is 8.15. The van der Waals surface area contributed by atoms with Crippen LogP contribution in [0.3, 0.4) is 0 Å². The minimum Gasteiger partial charge on any atom is -0.466 e. The Morgan fingerprint density at radius 2 is 2.29 bits per heavy atom. The van der Waals surface area contributed by atoms with Gasteiger partial charge in [0, 0.05) is 5.92 Å². The summed E-state index contributed by atoms with van der Waals surface area (Å²) >= 11 is 0. The summed E-state index contributed by atoms with van der Waals surface area (Å²) in [7, 11) is 0. The van der Waals surface area contributed by atoms with Crippen molar-refractivity contribution in [3.05, 3.63) is 11.6 Å². The number of hydrogen-bond donors (Lipinski definition) is 2. The SMILES string of the molecule is CCOC(=O)C1CC=C2CCC[C@H](O)[C@@H]2[C@H]1O. The molecule has 0 bridgehead atoms. The Hall–Kier alpha value is -0.870. The number of esters is 1. The number of carbonyl (C=O) groups is 1. The van der Waals surface area contributed by atoms with Gasteiger partial charge in [0.15, 0.2) is 0 Å². The minimum atomic E-state index is -0.802. The Kier molecular flexibility index (Phi) is 3.84. The lowest BCUT2D eigenvalue weighted by atomic mass is 9.70. The number of rotatable bonds is 2. The molecule has 0 spiro atoms. The quantitative estimate of drug-likeness (QED) is 0.558. The van der Waals surface area contributed by atoms with Gasteiger partial charge in [0.1, 0.15) is 0 Å². The van der Waals surface area contributed by atoms with Gasteiger partial charge in [-0.05, 0) is 32.6 Å². The van der Waals surface area contributed by atoms with Crippen LogP contribution in [0.1, 0.15) is 32.6 Å². The van der Waals surface area contributed by atoms with Crippen LogP contribution in [0.5, 0.6) is 0 Å². The van der Waals surface area contributed by atoms with Crippen LogP contribution in [0, 0.1) is 11.8 Å². The van der Waals surface area contributed by atoms with E-state index in [1.54, 1.807) is 6.92 Å². The molecule has 17 heavy (non-hydrogen) atoms. The van der Waals surface area contributed by atoms with Gasteiger partial charge in [0.25, 0.3) is 0 Å². The molecule has 4 heteroatoms. The van der Waals surface area contributed by atoms with E-state index in [0.717, 1.165) is 18.4 Å². The molecule has 4 nitrogen and oxygen atoms in total. The van der Waals surface area contributed by atoms with E-state index in [4.69, 9.17) is 4.74 Å². The number of ether oxygens (including phenoxy) is 1. The van der Waals surface area contributed by atoms with Crippen molar-refractivity contribution >= 4 is 5.97 Å². The van der Waals surface area contributed by atoms with Gasteiger partial charge in [-0.2, -0.15) is 0 Å². The Morgan fingerprint density at radius 3 is 3.00 bits per heavy atom. The lowest BCUT2D eigenvalue weighted by Gasteiger charge is -2.39. The van der Waals surface area contributed by atoms with Crippen LogP contribution in [-0.2, 0) is 9.53 Å². The second-order valence-electron chi connectivity index (χ2n) is 4.85. The molecule has 0 saturated heterocycles. The van der Waals surface area contributed by atoms with Crippen LogP contribution in [0.25, 0.3) is 0 Å². The van der Waals surface area contributed by atoms with Gasteiger partial charge in [-0.25, -0.2) is 0 Å². The number of allylic oxidation sites excluding steroid dienone is 1. The van der Waals surface area contributed by atoms with Crippen molar-refractivity contribution in [2.45, 2.75) is 44.8 Å². The summed E-state index contributed by atoms with van der Waals surface area (Å²) in [5.74, 6) is -1.14. The second-order valence-corrected chi connectivity index (χ2v) is 4.85. The van der Waals surface area contributed by atoms with E-state index in [2.05, 4.69) is 0 Å². The Balaban J connectivity index is 2.14. The molecule has 2 N–H and O–H groups in total. The van der Waals surface area contributed by atoms with Gasteiger partial charge in [-0.15, -0.1) is 0 Å². The predicted octanol–water partition coefficient (Wildman–Crippen LogP) is 1.02. The predicted molar refractivity (Wildman–Crippen MR) is 62.2 cm³/mol. The summed E-state index contributed by atoms with van der Waals surface area (Å²) in [4.78, 5) is 11.7. The second kappa shape index (κ2) is 5.19. The first-order valence-corrected chi connectivity index (χ1v) is 6.36. The van der Waals surface area contributed by atoms with E-state index in [1.165, 1.54) is 0 Å². The van der Waals surface area contributed by atoms with Crippen LogP contribution in [0.15, 0.2) is 11.6 Å². The summed E-state index contributed by atoms with van der Waals surface area (Å²) in [5.41, 5.74) is 1.11. The van der Waals surface area contributed by atoms with Gasteiger partial charge < -0.3 is 14.9 Å². The average Bonchev–Trinajstić information content (AvgIpc) is 2.29. The Morgan fingerprint density at radius 1 is 1.53 bits per heavy atom. The van der Waals surface area contributed by atoms with Crippen molar-refractivity contribution in [1.82, 2.24) is 0 Å². The van der Waals surface area contributed by atoms with Crippen molar-refractivity contribution < 1.29 is 19.7 Å². The van der Waals surface area contributed by atoms with Crippen molar-refractivity contribution in [3.8, 4) is 0 Å². The molecule has 0 radical (unpaired) electrons. The zero-order chi connectivity index (χ0) is 12.4. The van der Waals surface area contributed by atoms with Gasteiger partial charge in [0.05, 0.1) is 24.7 Å². The molecular weight excluding hydrogens is 220 g/mol. The van der Waals surface area contributed by atoms with Gasteiger partial charge in [-0.3, -0.25) is 4.79 Å². The molecule has 0 heterocycles. The lowest BCUT2D eigenvalue weighted by molar-refractivity contribution is -0.155. The van der Waals surface area contributed by atoms with Crippen molar-refractivity contribution in [1.29, 1.82) is 0 Å². The van der Waals surface area contributed by atoms with Crippen LogP contribution >= 0.6 is 0 Å². The summed E-state index contributed by atoms with van der Waals surface area (Å²) in [6, 6.07) is 0. The topological polar surface area (TPSA) is 66.8 Å². The number of carbonyl (C=O) groups excluding carboxylic acids is 1. The largest absolute Gasteiger partial charge is 0.466 e. The maximum Gasteiger partial charge on any atom is 0.311 e. The third kappa shape index (κ3) is 2.38. The van der Waals surface area contributed by atoms with Crippen LogP contribution in [0.2, 0.25) is 0 Å². The fourth-order valence-corrected chi connectivity index (χ4v) is 2.95. The van der Waals surface area contributed by atoms with E-state index < -0.39 is 18.1 Å². The molecule has 1 fully saturated rings. The molecule has 2 rings (SSSR count). The van der Waals surface area contributed by atoms with Crippen molar-refractivity contribution in [2.75, 3.05) is 6.61 Å². The van der Waals surface area contributed by atoms with Gasteiger partial charge in [0.2, 0.25) is 0 Å². The lowest BCUT2D eigenvalue weighted by Crippen LogP contribution is -2.45. The maximum absolute atomic E-state index is 11.7. The molecule has 0 aliphatic heterocycles. The molecule has 4 atom stereocenters. The van der Waals surface area contributed by atoms with Crippen LogP contribution in [-0.4, -0.2) is 35.0 Å². The standard InChI is InChI=1S/C13H20O4/c1-2-17-13(16)9-7-6-8-4-3-5-10(14)11(8)12(9)15/h6,9-12,14-15H,2-5,7H2,1H3/t9?,10-,11+,12-/m0/s1. The monoisotopic (exact) mass is 240 g/mol. The summed E-state index contributed by atoms with van der Waals surface area (Å²) in [6.45, 7) is 2.08. The van der Waals surface area contributed by atoms with E-state index >= 15 is 0 Å². The molecular formula is C13H20O4. The van der Waals surface area contributed by atoms with E-state index in [-0.39, 0.29) is 11.9 Å². The zero-order valence-electron chi connectivity index (χ0n) is 10.1. The van der Waals surface area contributed by atoms with Crippen molar-refractivity contribution in [3.63, 3.8) is 0 Å². The fraction of sp³-hybridized carbons (Fsp3) is 0.769. The molecule has 96 valence electrons. The normalized spacial score (nSPS) is 37.0. The average molecular weight is 240 g/mol. The minimum absolute atomic E-state index is 0.271. The van der Waals surface area contributed by atoms with E-state index in [1.807, 2.05) is 6.08 Å². The Labute approximate surface area is 101 Å². The highest BCUT2D eigenvalue weighted by molar-refractivity contribution is 5.73. The highest BCUT2D eigenvalue weighted by atomic mass is 16.5. The van der Waals surface area contributed by atoms with Crippen LogP contribution in [0.4, 0.5) is 0 Å². The highest BCUT2D eigenvalue weighted by Crippen LogP contribution is 2.39. The zero-order valence-corrected chi connectivity index (χ0v) is 10.1. The summed E-state index contributed by atoms with van der Waals surface area (Å²) in [6.07, 6.45) is 3.79. The summed E-state index contributed by atoms with van der Waals surface area (Å²) in [5, 5.41) is 20.2. The molecule has 2 aliphatic rings. The molecule has 1 unspecified atom stereocenters.